The zero-order valence-electron chi connectivity index (χ0n) is 13.2. The van der Waals surface area contributed by atoms with E-state index in [-0.39, 0.29) is 34.9 Å². The third-order valence-electron chi connectivity index (χ3n) is 2.70. The van der Waals surface area contributed by atoms with E-state index in [1.807, 2.05) is 0 Å². The van der Waals surface area contributed by atoms with Crippen LogP contribution < -0.4 is 16.2 Å². The van der Waals surface area contributed by atoms with Gasteiger partial charge in [-0.1, -0.05) is 12.1 Å². The molecule has 0 aliphatic rings. The van der Waals surface area contributed by atoms with E-state index in [4.69, 9.17) is 16.3 Å². The Hall–Kier alpha value is -2.24. The maximum atomic E-state index is 12.3. The standard InChI is InChI=1S/C14H11ClF3N3O3S.H3N/c15-6-5-11(22)24-9-4-2-1-3-8(9)12(23)20-13-19-10(21-25-13)7-14(16,17)18;/h1-4H,5-7H2,(H,19,20,21,23);1H3. The highest BCUT2D eigenvalue weighted by molar-refractivity contribution is 7.09. The number of halogens is 4. The van der Waals surface area contributed by atoms with Crippen LogP contribution >= 0.6 is 23.1 Å². The van der Waals surface area contributed by atoms with Crippen molar-refractivity contribution in [3.63, 3.8) is 0 Å². The first-order valence-corrected chi connectivity index (χ1v) is 8.15. The monoisotopic (exact) mass is 410 g/mol. The molecule has 0 bridgehead atoms. The Balaban J connectivity index is 0.00000338. The Labute approximate surface area is 155 Å². The third-order valence-corrected chi connectivity index (χ3v) is 3.56. The number of esters is 1. The number of hydrogen-bond acceptors (Lipinski definition) is 7. The number of benzene rings is 1. The molecule has 0 saturated carbocycles. The van der Waals surface area contributed by atoms with E-state index in [0.717, 1.165) is 0 Å². The van der Waals surface area contributed by atoms with Crippen LogP contribution in [-0.2, 0) is 11.2 Å². The minimum atomic E-state index is -4.44. The molecule has 2 rings (SSSR count). The van der Waals surface area contributed by atoms with Crippen molar-refractivity contribution >= 4 is 40.1 Å². The fraction of sp³-hybridized carbons (Fsp3) is 0.286. The molecule has 0 saturated heterocycles. The topological polar surface area (TPSA) is 116 Å². The van der Waals surface area contributed by atoms with Crippen LogP contribution in [0.5, 0.6) is 5.75 Å². The minimum absolute atomic E-state index is 0. The molecule has 142 valence electrons. The number of hydrogen-bond donors (Lipinski definition) is 2. The molecule has 2 aromatic rings. The first kappa shape index (κ1) is 21.8. The van der Waals surface area contributed by atoms with Crippen LogP contribution in [0.2, 0.25) is 0 Å². The van der Waals surface area contributed by atoms with Crippen LogP contribution in [0.3, 0.4) is 0 Å². The number of anilines is 1. The van der Waals surface area contributed by atoms with Gasteiger partial charge in [-0.15, -0.1) is 11.6 Å². The Morgan fingerprint density at radius 3 is 2.62 bits per heavy atom. The highest BCUT2D eigenvalue weighted by Crippen LogP contribution is 2.24. The van der Waals surface area contributed by atoms with Crippen molar-refractivity contribution in [2.75, 3.05) is 11.2 Å². The number of aromatic nitrogens is 2. The number of rotatable bonds is 6. The number of nitrogens with one attached hydrogen (secondary N) is 1. The number of alkyl halides is 4. The van der Waals surface area contributed by atoms with Gasteiger partial charge in [-0.25, -0.2) is 4.98 Å². The number of nitrogens with zero attached hydrogens (tertiary/aromatic N) is 2. The molecule has 0 fully saturated rings. The lowest BCUT2D eigenvalue weighted by Gasteiger charge is -2.08. The SMILES string of the molecule is N.O=C(CCCl)Oc1ccccc1C(=O)Nc1nc(CC(F)(F)F)ns1. The van der Waals surface area contributed by atoms with Crippen LogP contribution in [0.4, 0.5) is 18.3 Å². The molecule has 26 heavy (non-hydrogen) atoms. The summed E-state index contributed by atoms with van der Waals surface area (Å²) in [7, 11) is 0. The number of carbonyl (C=O) groups excluding carboxylic acids is 2. The smallest absolute Gasteiger partial charge is 0.396 e. The molecular formula is C14H14ClF3N4O3S. The van der Waals surface area contributed by atoms with Gasteiger partial charge in [0, 0.05) is 17.4 Å². The van der Waals surface area contributed by atoms with E-state index < -0.39 is 30.3 Å². The van der Waals surface area contributed by atoms with E-state index in [2.05, 4.69) is 14.7 Å². The van der Waals surface area contributed by atoms with Gasteiger partial charge in [-0.2, -0.15) is 17.5 Å². The van der Waals surface area contributed by atoms with E-state index in [0.29, 0.717) is 11.5 Å². The van der Waals surface area contributed by atoms with Crippen LogP contribution in [0, 0.1) is 0 Å². The maximum absolute atomic E-state index is 12.3. The molecule has 7 nitrogen and oxygen atoms in total. The van der Waals surface area contributed by atoms with Crippen LogP contribution in [-0.4, -0.2) is 33.3 Å². The number of para-hydroxylation sites is 1. The van der Waals surface area contributed by atoms with Crippen molar-refractivity contribution in [3.8, 4) is 5.75 Å². The molecule has 0 atom stereocenters. The summed E-state index contributed by atoms with van der Waals surface area (Å²) in [4.78, 5) is 27.4. The number of carbonyl (C=O) groups is 2. The average molecular weight is 411 g/mol. The lowest BCUT2D eigenvalue weighted by molar-refractivity contribution is -0.134. The van der Waals surface area contributed by atoms with Gasteiger partial charge in [0.05, 0.1) is 12.0 Å². The second kappa shape index (κ2) is 9.46. The highest BCUT2D eigenvalue weighted by Gasteiger charge is 2.30. The van der Waals surface area contributed by atoms with Gasteiger partial charge in [0.15, 0.2) is 5.82 Å². The fourth-order valence-electron chi connectivity index (χ4n) is 1.71. The molecule has 1 aromatic carbocycles. The van der Waals surface area contributed by atoms with Crippen molar-refractivity contribution in [1.29, 1.82) is 0 Å². The lowest BCUT2D eigenvalue weighted by atomic mass is 10.2. The summed E-state index contributed by atoms with van der Waals surface area (Å²) in [5.74, 6) is -1.66. The van der Waals surface area contributed by atoms with E-state index in [1.165, 1.54) is 12.1 Å². The minimum Gasteiger partial charge on any atom is -0.426 e. The molecular weight excluding hydrogens is 397 g/mol. The predicted molar refractivity (Wildman–Crippen MR) is 90.1 cm³/mol. The van der Waals surface area contributed by atoms with E-state index >= 15 is 0 Å². The number of amides is 1. The molecule has 0 unspecified atom stereocenters. The van der Waals surface area contributed by atoms with Gasteiger partial charge in [-0.05, 0) is 12.1 Å². The zero-order valence-corrected chi connectivity index (χ0v) is 14.7. The van der Waals surface area contributed by atoms with Crippen molar-refractivity contribution in [3.05, 3.63) is 35.7 Å². The first-order valence-electron chi connectivity index (χ1n) is 6.85. The molecule has 1 aromatic heterocycles. The highest BCUT2D eigenvalue weighted by atomic mass is 35.5. The van der Waals surface area contributed by atoms with Crippen molar-refractivity contribution < 1.29 is 27.5 Å². The molecule has 0 spiro atoms. The molecule has 1 amide bonds. The van der Waals surface area contributed by atoms with Gasteiger partial charge in [-0.3, -0.25) is 14.9 Å². The summed E-state index contributed by atoms with van der Waals surface area (Å²) in [5, 5.41) is 2.24. The quantitative estimate of drug-likeness (QED) is 0.427. The van der Waals surface area contributed by atoms with Gasteiger partial charge >= 0.3 is 12.1 Å². The van der Waals surface area contributed by atoms with E-state index in [1.54, 1.807) is 12.1 Å². The molecule has 1 heterocycles. The lowest BCUT2D eigenvalue weighted by Crippen LogP contribution is -2.16. The Kier molecular flexibility index (Phi) is 7.93. The van der Waals surface area contributed by atoms with Crippen molar-refractivity contribution in [2.24, 2.45) is 0 Å². The second-order valence-corrected chi connectivity index (χ2v) is 5.80. The Morgan fingerprint density at radius 2 is 1.96 bits per heavy atom. The molecule has 0 aliphatic carbocycles. The fourth-order valence-corrected chi connectivity index (χ4v) is 2.45. The van der Waals surface area contributed by atoms with Gasteiger partial charge in [0.2, 0.25) is 5.13 Å². The normalized spacial score (nSPS) is 10.8. The first-order chi connectivity index (χ1) is 11.8. The third kappa shape index (κ3) is 6.58. The molecule has 0 radical (unpaired) electrons. The summed E-state index contributed by atoms with van der Waals surface area (Å²) in [6.45, 7) is 0. The van der Waals surface area contributed by atoms with Gasteiger partial charge < -0.3 is 10.9 Å². The average Bonchev–Trinajstić information content (AvgIpc) is 2.92. The van der Waals surface area contributed by atoms with Crippen molar-refractivity contribution in [1.82, 2.24) is 15.5 Å². The summed E-state index contributed by atoms with van der Waals surface area (Å²) >= 11 is 6.07. The largest absolute Gasteiger partial charge is 0.426 e. The predicted octanol–water partition coefficient (Wildman–Crippen LogP) is 3.59. The van der Waals surface area contributed by atoms with Gasteiger partial charge in [0.25, 0.3) is 5.91 Å². The second-order valence-electron chi connectivity index (χ2n) is 4.67. The van der Waals surface area contributed by atoms with Crippen molar-refractivity contribution in [2.45, 2.75) is 19.0 Å². The number of ether oxygens (including phenoxy) is 1. The van der Waals surface area contributed by atoms with E-state index in [9.17, 15) is 22.8 Å². The molecule has 12 heteroatoms. The Bertz CT molecular complexity index is 770. The van der Waals surface area contributed by atoms with Crippen LogP contribution in [0.15, 0.2) is 24.3 Å². The summed E-state index contributed by atoms with van der Waals surface area (Å²) in [5.41, 5.74) is 0.0259. The Morgan fingerprint density at radius 1 is 1.27 bits per heavy atom. The van der Waals surface area contributed by atoms with Crippen LogP contribution in [0.25, 0.3) is 0 Å². The maximum Gasteiger partial charge on any atom is 0.396 e. The summed E-state index contributed by atoms with van der Waals surface area (Å²) in [6, 6.07) is 5.92. The van der Waals surface area contributed by atoms with Gasteiger partial charge in [0.1, 0.15) is 12.2 Å². The van der Waals surface area contributed by atoms with Crippen LogP contribution in [0.1, 0.15) is 22.6 Å². The molecule has 0 aliphatic heterocycles. The summed E-state index contributed by atoms with van der Waals surface area (Å²) < 4.78 is 45.5. The zero-order chi connectivity index (χ0) is 18.4. The summed E-state index contributed by atoms with van der Waals surface area (Å²) in [6.07, 6.45) is -5.76. The molecule has 4 N–H and O–H groups in total.